The van der Waals surface area contributed by atoms with Gasteiger partial charge in [-0.15, -0.1) is 0 Å². The first-order valence-electron chi connectivity index (χ1n) is 10.3. The maximum atomic E-state index is 13.3. The molecule has 3 rings (SSSR count). The van der Waals surface area contributed by atoms with Crippen LogP contribution in [0.15, 0.2) is 28.7 Å². The fourth-order valence-corrected chi connectivity index (χ4v) is 4.21. The highest BCUT2D eigenvalue weighted by atomic mass is 32.2. The average molecular weight is 473 g/mol. The Morgan fingerprint density at radius 3 is 2.24 bits per heavy atom. The van der Waals surface area contributed by atoms with Crippen LogP contribution in [0.2, 0.25) is 0 Å². The predicted molar refractivity (Wildman–Crippen MR) is 122 cm³/mol. The summed E-state index contributed by atoms with van der Waals surface area (Å²) in [6.45, 7) is 4.42. The van der Waals surface area contributed by atoms with Gasteiger partial charge in [0.1, 0.15) is 17.4 Å². The minimum Gasteiger partial charge on any atom is -0.462 e. The van der Waals surface area contributed by atoms with Gasteiger partial charge in [-0.25, -0.2) is 4.79 Å². The molecule has 0 saturated heterocycles. The summed E-state index contributed by atoms with van der Waals surface area (Å²) in [6, 6.07) is 5.21. The Morgan fingerprint density at radius 2 is 1.73 bits per heavy atom. The van der Waals surface area contributed by atoms with Gasteiger partial charge in [0.2, 0.25) is 11.8 Å². The quantitative estimate of drug-likeness (QED) is 0.335. The van der Waals surface area contributed by atoms with Crippen molar-refractivity contribution in [2.45, 2.75) is 33.2 Å². The number of ether oxygens (including phenoxy) is 1. The van der Waals surface area contributed by atoms with Gasteiger partial charge in [-0.2, -0.15) is 11.8 Å². The van der Waals surface area contributed by atoms with Crippen LogP contribution in [0.25, 0.3) is 0 Å². The summed E-state index contributed by atoms with van der Waals surface area (Å²) in [6.07, 6.45) is 2.03. The molecule has 1 aliphatic heterocycles. The van der Waals surface area contributed by atoms with Crippen molar-refractivity contribution in [1.82, 2.24) is 4.90 Å². The van der Waals surface area contributed by atoms with Gasteiger partial charge < -0.3 is 9.15 Å². The lowest BCUT2D eigenvalue weighted by Crippen LogP contribution is -2.47. The van der Waals surface area contributed by atoms with E-state index in [-0.39, 0.29) is 46.9 Å². The lowest BCUT2D eigenvalue weighted by molar-refractivity contribution is -0.120. The normalized spacial score (nSPS) is 13.6. The number of furan rings is 1. The van der Waals surface area contributed by atoms with Crippen molar-refractivity contribution < 1.29 is 33.1 Å². The van der Waals surface area contributed by atoms with Crippen LogP contribution in [-0.4, -0.2) is 59.0 Å². The van der Waals surface area contributed by atoms with Gasteiger partial charge in [-0.3, -0.25) is 29.4 Å². The predicted octanol–water partition coefficient (Wildman–Crippen LogP) is 3.32. The van der Waals surface area contributed by atoms with E-state index in [2.05, 4.69) is 5.32 Å². The molecule has 1 aliphatic rings. The van der Waals surface area contributed by atoms with Crippen molar-refractivity contribution in [2.24, 2.45) is 0 Å². The molecule has 2 aromatic rings. The number of carbonyl (C=O) groups is 5. The second-order valence-electron chi connectivity index (χ2n) is 7.33. The number of benzene rings is 1. The van der Waals surface area contributed by atoms with Crippen molar-refractivity contribution in [3.8, 4) is 0 Å². The summed E-state index contributed by atoms with van der Waals surface area (Å²) < 4.78 is 10.6. The van der Waals surface area contributed by atoms with Gasteiger partial charge in [0.15, 0.2) is 5.78 Å². The number of imide groups is 1. The average Bonchev–Trinajstić information content (AvgIpc) is 3.23. The first kappa shape index (κ1) is 24.2. The highest BCUT2D eigenvalue weighted by Crippen LogP contribution is 2.31. The molecule has 174 valence electrons. The maximum Gasteiger partial charge on any atom is 0.344 e. The van der Waals surface area contributed by atoms with E-state index in [9.17, 15) is 24.0 Å². The molecule has 0 fully saturated rings. The first-order chi connectivity index (χ1) is 15.7. The molecular formula is C23H24N2O7S. The van der Waals surface area contributed by atoms with Crippen LogP contribution < -0.4 is 5.32 Å². The highest BCUT2D eigenvalue weighted by molar-refractivity contribution is 7.98. The van der Waals surface area contributed by atoms with Crippen molar-refractivity contribution in [1.29, 1.82) is 0 Å². The Morgan fingerprint density at radius 1 is 1.12 bits per heavy atom. The summed E-state index contributed by atoms with van der Waals surface area (Å²) in [5.74, 6) is -2.73. The van der Waals surface area contributed by atoms with Crippen molar-refractivity contribution >= 4 is 47.1 Å². The first-order valence-corrected chi connectivity index (χ1v) is 11.7. The number of ketones is 1. The SMILES string of the molecule is CCOC(=O)c1c(NC(=O)C(CCSC)N2C(=O)c3ccccc3C2=O)oc(C)c1C(C)=O. The third-order valence-corrected chi connectivity index (χ3v) is 5.83. The van der Waals surface area contributed by atoms with Gasteiger partial charge in [-0.05, 0) is 51.3 Å². The summed E-state index contributed by atoms with van der Waals surface area (Å²) in [5.41, 5.74) is 0.264. The molecule has 10 heteroatoms. The van der Waals surface area contributed by atoms with Gasteiger partial charge in [0.25, 0.3) is 11.8 Å². The fraction of sp³-hybridized carbons (Fsp3) is 0.348. The van der Waals surface area contributed by atoms with E-state index in [4.69, 9.17) is 9.15 Å². The van der Waals surface area contributed by atoms with Gasteiger partial charge >= 0.3 is 5.97 Å². The lowest BCUT2D eigenvalue weighted by Gasteiger charge is -2.25. The van der Waals surface area contributed by atoms with E-state index in [1.807, 2.05) is 6.26 Å². The Kier molecular flexibility index (Phi) is 7.37. The number of hydrogen-bond acceptors (Lipinski definition) is 8. The summed E-state index contributed by atoms with van der Waals surface area (Å²) in [4.78, 5) is 64.8. The van der Waals surface area contributed by atoms with Crippen molar-refractivity contribution in [3.05, 3.63) is 52.3 Å². The number of anilines is 1. The topological polar surface area (TPSA) is 123 Å². The number of hydrogen-bond donors (Lipinski definition) is 1. The number of nitrogens with one attached hydrogen (secondary N) is 1. The molecule has 1 unspecified atom stereocenters. The number of fused-ring (bicyclic) bond motifs is 1. The number of aryl methyl sites for hydroxylation is 1. The van der Waals surface area contributed by atoms with Gasteiger partial charge in [0.05, 0.1) is 23.3 Å². The molecule has 3 amide bonds. The van der Waals surface area contributed by atoms with Crippen molar-refractivity contribution in [3.63, 3.8) is 0 Å². The Balaban J connectivity index is 1.98. The Hall–Kier alpha value is -3.40. The van der Waals surface area contributed by atoms with E-state index in [0.29, 0.717) is 5.75 Å². The summed E-state index contributed by atoms with van der Waals surface area (Å²) in [7, 11) is 0. The lowest BCUT2D eigenvalue weighted by atomic mass is 10.1. The molecular weight excluding hydrogens is 448 g/mol. The Labute approximate surface area is 194 Å². The molecule has 0 bridgehead atoms. The third kappa shape index (κ3) is 4.56. The zero-order valence-electron chi connectivity index (χ0n) is 18.7. The maximum absolute atomic E-state index is 13.3. The number of thioether (sulfide) groups is 1. The van der Waals surface area contributed by atoms with Crippen LogP contribution in [-0.2, 0) is 9.53 Å². The van der Waals surface area contributed by atoms with Crippen LogP contribution >= 0.6 is 11.8 Å². The zero-order chi connectivity index (χ0) is 24.3. The molecule has 1 N–H and O–H groups in total. The standard InChI is InChI=1S/C23H24N2O7S/c1-5-31-23(30)18-17(12(2)26)13(3)32-20(18)24-19(27)16(10-11-33-4)25-21(28)14-8-6-7-9-15(14)22(25)29/h6-9,16H,5,10-11H2,1-4H3,(H,24,27). The molecule has 0 spiro atoms. The van der Waals surface area contributed by atoms with Crippen LogP contribution in [0.4, 0.5) is 5.88 Å². The van der Waals surface area contributed by atoms with E-state index >= 15 is 0 Å². The highest BCUT2D eigenvalue weighted by Gasteiger charge is 2.43. The Bertz CT molecular complexity index is 1100. The minimum absolute atomic E-state index is 0.00476. The van der Waals surface area contributed by atoms with Crippen LogP contribution in [0.5, 0.6) is 0 Å². The largest absolute Gasteiger partial charge is 0.462 e. The smallest absolute Gasteiger partial charge is 0.344 e. The molecule has 2 heterocycles. The number of rotatable bonds is 9. The molecule has 1 aromatic carbocycles. The second-order valence-corrected chi connectivity index (χ2v) is 8.31. The van der Waals surface area contributed by atoms with Crippen LogP contribution in [0.1, 0.15) is 67.5 Å². The second kappa shape index (κ2) is 10.0. The number of carbonyl (C=O) groups excluding carboxylic acids is 5. The monoisotopic (exact) mass is 472 g/mol. The van der Waals surface area contributed by atoms with Crippen LogP contribution in [0, 0.1) is 6.92 Å². The molecule has 1 aromatic heterocycles. The fourth-order valence-electron chi connectivity index (χ4n) is 3.75. The van der Waals surface area contributed by atoms with Gasteiger partial charge in [0, 0.05) is 0 Å². The van der Waals surface area contributed by atoms with E-state index in [1.165, 1.54) is 37.7 Å². The molecule has 1 atom stereocenters. The summed E-state index contributed by atoms with van der Waals surface area (Å²) in [5, 5.41) is 2.51. The van der Waals surface area contributed by atoms with E-state index in [0.717, 1.165) is 4.90 Å². The summed E-state index contributed by atoms with van der Waals surface area (Å²) >= 11 is 1.45. The number of amides is 3. The molecule has 0 aliphatic carbocycles. The number of esters is 1. The van der Waals surface area contributed by atoms with Crippen LogP contribution in [0.3, 0.4) is 0 Å². The zero-order valence-corrected chi connectivity index (χ0v) is 19.5. The van der Waals surface area contributed by atoms with E-state index in [1.54, 1.807) is 19.1 Å². The van der Waals surface area contributed by atoms with Crippen molar-refractivity contribution in [2.75, 3.05) is 23.9 Å². The molecule has 33 heavy (non-hydrogen) atoms. The number of nitrogens with zero attached hydrogens (tertiary/aromatic N) is 1. The molecule has 9 nitrogen and oxygen atoms in total. The van der Waals surface area contributed by atoms with Gasteiger partial charge in [-0.1, -0.05) is 12.1 Å². The number of Topliss-reactive ketones (excluding diaryl/α,β-unsaturated/α-hetero) is 1. The molecule has 0 saturated carbocycles. The third-order valence-electron chi connectivity index (χ3n) is 5.19. The minimum atomic E-state index is -1.15. The molecule has 0 radical (unpaired) electrons. The van der Waals surface area contributed by atoms with E-state index < -0.39 is 35.5 Å².